The van der Waals surface area contributed by atoms with E-state index in [9.17, 15) is 4.79 Å². The SMILES string of the molecule is CCOC(=O)c1c[nH]c2nc(N)ncc12. The van der Waals surface area contributed by atoms with Crippen molar-refractivity contribution in [3.63, 3.8) is 0 Å². The second-order valence-electron chi connectivity index (χ2n) is 2.91. The van der Waals surface area contributed by atoms with Crippen molar-refractivity contribution in [1.82, 2.24) is 15.0 Å². The van der Waals surface area contributed by atoms with Crippen molar-refractivity contribution in [3.8, 4) is 0 Å². The van der Waals surface area contributed by atoms with E-state index in [-0.39, 0.29) is 5.95 Å². The summed E-state index contributed by atoms with van der Waals surface area (Å²) in [6, 6.07) is 0. The van der Waals surface area contributed by atoms with E-state index in [2.05, 4.69) is 15.0 Å². The molecular weight excluding hydrogens is 196 g/mol. The highest BCUT2D eigenvalue weighted by Crippen LogP contribution is 2.16. The zero-order valence-corrected chi connectivity index (χ0v) is 8.15. The topological polar surface area (TPSA) is 93.9 Å². The summed E-state index contributed by atoms with van der Waals surface area (Å²) in [6.45, 7) is 2.09. The van der Waals surface area contributed by atoms with Gasteiger partial charge in [-0.2, -0.15) is 4.98 Å². The Morgan fingerprint density at radius 3 is 3.20 bits per heavy atom. The second kappa shape index (κ2) is 3.56. The standard InChI is InChI=1S/C9H10N4O2/c1-2-15-8(14)6-4-11-7-5(6)3-12-9(10)13-7/h3-4H,2H2,1H3,(H3,10,11,12,13). The predicted octanol–water partition coefficient (Wildman–Crippen LogP) is 0.717. The van der Waals surface area contributed by atoms with Gasteiger partial charge in [-0.3, -0.25) is 0 Å². The van der Waals surface area contributed by atoms with Gasteiger partial charge in [0.1, 0.15) is 5.65 Å². The van der Waals surface area contributed by atoms with Gasteiger partial charge in [-0.05, 0) is 6.92 Å². The van der Waals surface area contributed by atoms with Crippen LogP contribution in [0.3, 0.4) is 0 Å². The Hall–Kier alpha value is -2.11. The Balaban J connectivity index is 2.49. The van der Waals surface area contributed by atoms with Gasteiger partial charge in [0, 0.05) is 12.4 Å². The highest BCUT2D eigenvalue weighted by molar-refractivity contribution is 6.02. The van der Waals surface area contributed by atoms with Crippen molar-refractivity contribution in [1.29, 1.82) is 0 Å². The predicted molar refractivity (Wildman–Crippen MR) is 54.3 cm³/mol. The number of ether oxygens (including phenoxy) is 1. The Bertz CT molecular complexity index is 506. The lowest BCUT2D eigenvalue weighted by Crippen LogP contribution is -2.03. The minimum absolute atomic E-state index is 0.166. The number of aromatic amines is 1. The molecule has 0 radical (unpaired) electrons. The average Bonchev–Trinajstić information content (AvgIpc) is 2.60. The van der Waals surface area contributed by atoms with E-state index in [0.29, 0.717) is 23.2 Å². The number of fused-ring (bicyclic) bond motifs is 1. The summed E-state index contributed by atoms with van der Waals surface area (Å²) in [7, 11) is 0. The van der Waals surface area contributed by atoms with E-state index in [1.54, 1.807) is 6.92 Å². The lowest BCUT2D eigenvalue weighted by Gasteiger charge is -1.98. The third-order valence-corrected chi connectivity index (χ3v) is 1.95. The highest BCUT2D eigenvalue weighted by atomic mass is 16.5. The van der Waals surface area contributed by atoms with Gasteiger partial charge in [-0.1, -0.05) is 0 Å². The van der Waals surface area contributed by atoms with Gasteiger partial charge in [0.15, 0.2) is 0 Å². The first-order valence-corrected chi connectivity index (χ1v) is 4.49. The minimum Gasteiger partial charge on any atom is -0.462 e. The maximum Gasteiger partial charge on any atom is 0.340 e. The number of nitrogen functional groups attached to an aromatic ring is 1. The molecule has 0 aliphatic carbocycles. The number of H-pyrrole nitrogens is 1. The number of carbonyl (C=O) groups is 1. The van der Waals surface area contributed by atoms with Gasteiger partial charge in [-0.15, -0.1) is 0 Å². The molecule has 0 spiro atoms. The third kappa shape index (κ3) is 1.61. The fraction of sp³-hybridized carbons (Fsp3) is 0.222. The summed E-state index contributed by atoms with van der Waals surface area (Å²) < 4.78 is 4.88. The summed E-state index contributed by atoms with van der Waals surface area (Å²) in [4.78, 5) is 22.1. The summed E-state index contributed by atoms with van der Waals surface area (Å²) in [5.41, 5.74) is 6.37. The van der Waals surface area contributed by atoms with E-state index >= 15 is 0 Å². The molecule has 78 valence electrons. The highest BCUT2D eigenvalue weighted by Gasteiger charge is 2.13. The number of nitrogens with two attached hydrogens (primary N) is 1. The number of hydrogen-bond acceptors (Lipinski definition) is 5. The zero-order chi connectivity index (χ0) is 10.8. The van der Waals surface area contributed by atoms with Crippen LogP contribution in [0.2, 0.25) is 0 Å². The van der Waals surface area contributed by atoms with E-state index in [1.165, 1.54) is 12.4 Å². The van der Waals surface area contributed by atoms with E-state index in [1.807, 2.05) is 0 Å². The van der Waals surface area contributed by atoms with Crippen LogP contribution in [-0.4, -0.2) is 27.5 Å². The van der Waals surface area contributed by atoms with Crippen LogP contribution in [0.1, 0.15) is 17.3 Å². The van der Waals surface area contributed by atoms with E-state index in [4.69, 9.17) is 10.5 Å². The quantitative estimate of drug-likeness (QED) is 0.706. The molecule has 6 nitrogen and oxygen atoms in total. The molecule has 0 unspecified atom stereocenters. The molecule has 0 aliphatic heterocycles. The second-order valence-corrected chi connectivity index (χ2v) is 2.91. The number of anilines is 1. The van der Waals surface area contributed by atoms with Crippen LogP contribution in [-0.2, 0) is 4.74 Å². The third-order valence-electron chi connectivity index (χ3n) is 1.95. The molecule has 0 aromatic carbocycles. The molecule has 6 heteroatoms. The zero-order valence-electron chi connectivity index (χ0n) is 8.15. The molecule has 2 aromatic heterocycles. The van der Waals surface area contributed by atoms with Gasteiger partial charge in [0.25, 0.3) is 0 Å². The molecule has 0 saturated carbocycles. The van der Waals surface area contributed by atoms with Crippen LogP contribution >= 0.6 is 0 Å². The molecule has 0 atom stereocenters. The molecule has 3 N–H and O–H groups in total. The maximum absolute atomic E-state index is 11.5. The van der Waals surface area contributed by atoms with Crippen LogP contribution in [0.15, 0.2) is 12.4 Å². The number of hydrogen-bond donors (Lipinski definition) is 2. The van der Waals surface area contributed by atoms with Gasteiger partial charge in [-0.25, -0.2) is 9.78 Å². The Morgan fingerprint density at radius 2 is 2.47 bits per heavy atom. The Labute approximate surface area is 85.5 Å². The normalized spacial score (nSPS) is 10.5. The number of aromatic nitrogens is 3. The van der Waals surface area contributed by atoms with Gasteiger partial charge in [0.2, 0.25) is 5.95 Å². The van der Waals surface area contributed by atoms with Crippen molar-refractivity contribution in [3.05, 3.63) is 18.0 Å². The Morgan fingerprint density at radius 1 is 1.67 bits per heavy atom. The summed E-state index contributed by atoms with van der Waals surface area (Å²) >= 11 is 0. The van der Waals surface area contributed by atoms with Crippen LogP contribution in [0, 0.1) is 0 Å². The largest absolute Gasteiger partial charge is 0.462 e. The maximum atomic E-state index is 11.5. The number of rotatable bonds is 2. The molecule has 0 saturated heterocycles. The van der Waals surface area contributed by atoms with Crippen LogP contribution in [0.4, 0.5) is 5.95 Å². The van der Waals surface area contributed by atoms with Gasteiger partial charge >= 0.3 is 5.97 Å². The van der Waals surface area contributed by atoms with Crippen molar-refractivity contribution in [2.45, 2.75) is 6.92 Å². The molecule has 2 heterocycles. The number of nitrogens with zero attached hydrogens (tertiary/aromatic N) is 2. The summed E-state index contributed by atoms with van der Waals surface area (Å²) in [5.74, 6) is -0.225. The molecule has 0 bridgehead atoms. The number of nitrogens with one attached hydrogen (secondary N) is 1. The molecule has 15 heavy (non-hydrogen) atoms. The summed E-state index contributed by atoms with van der Waals surface area (Å²) in [6.07, 6.45) is 3.04. The number of carbonyl (C=O) groups excluding carboxylic acids is 1. The van der Waals surface area contributed by atoms with Crippen LogP contribution in [0.5, 0.6) is 0 Å². The van der Waals surface area contributed by atoms with E-state index < -0.39 is 5.97 Å². The van der Waals surface area contributed by atoms with Crippen molar-refractivity contribution >= 4 is 23.0 Å². The van der Waals surface area contributed by atoms with Gasteiger partial charge in [0.05, 0.1) is 17.6 Å². The van der Waals surface area contributed by atoms with Crippen molar-refractivity contribution in [2.75, 3.05) is 12.3 Å². The molecule has 0 aliphatic rings. The smallest absolute Gasteiger partial charge is 0.340 e. The molecule has 2 aromatic rings. The van der Waals surface area contributed by atoms with E-state index in [0.717, 1.165) is 0 Å². The first-order valence-electron chi connectivity index (χ1n) is 4.49. The minimum atomic E-state index is -0.392. The van der Waals surface area contributed by atoms with Crippen molar-refractivity contribution in [2.24, 2.45) is 0 Å². The fourth-order valence-corrected chi connectivity index (χ4v) is 1.30. The molecule has 0 amide bonds. The van der Waals surface area contributed by atoms with Crippen LogP contribution < -0.4 is 5.73 Å². The van der Waals surface area contributed by atoms with Crippen molar-refractivity contribution < 1.29 is 9.53 Å². The van der Waals surface area contributed by atoms with Gasteiger partial charge < -0.3 is 15.5 Å². The molecular formula is C9H10N4O2. The first-order chi connectivity index (χ1) is 7.22. The molecule has 2 rings (SSSR count). The number of esters is 1. The Kier molecular flexibility index (Phi) is 2.24. The lowest BCUT2D eigenvalue weighted by atomic mass is 10.2. The molecule has 0 fully saturated rings. The summed E-state index contributed by atoms with van der Waals surface area (Å²) in [5, 5.41) is 0.614. The lowest BCUT2D eigenvalue weighted by molar-refractivity contribution is 0.0528. The fourth-order valence-electron chi connectivity index (χ4n) is 1.30. The first kappa shape index (κ1) is 9.45. The van der Waals surface area contributed by atoms with Crippen LogP contribution in [0.25, 0.3) is 11.0 Å². The monoisotopic (exact) mass is 206 g/mol. The average molecular weight is 206 g/mol.